The van der Waals surface area contributed by atoms with E-state index in [1.165, 1.54) is 4.90 Å². The smallest absolute Gasteiger partial charge is 0.300 e. The van der Waals surface area contributed by atoms with Gasteiger partial charge in [-0.1, -0.05) is 38.1 Å². The normalized spacial score (nSPS) is 16.9. The van der Waals surface area contributed by atoms with Crippen molar-refractivity contribution in [2.24, 2.45) is 0 Å². The molecule has 5 rings (SSSR count). The van der Waals surface area contributed by atoms with Crippen molar-refractivity contribution in [2.45, 2.75) is 39.7 Å². The van der Waals surface area contributed by atoms with E-state index in [0.717, 1.165) is 22.0 Å². The zero-order valence-corrected chi connectivity index (χ0v) is 22.7. The maximum absolute atomic E-state index is 13.7. The van der Waals surface area contributed by atoms with Crippen LogP contribution in [0.3, 0.4) is 0 Å². The van der Waals surface area contributed by atoms with Crippen LogP contribution in [0.5, 0.6) is 11.5 Å². The Hall–Kier alpha value is -4.52. The first kappa shape index (κ1) is 26.1. The number of carbonyl (C=O) groups excluding carboxylic acids is 2. The van der Waals surface area contributed by atoms with Crippen molar-refractivity contribution in [3.63, 3.8) is 0 Å². The Morgan fingerprint density at radius 3 is 2.56 bits per heavy atom. The number of aliphatic hydroxyl groups excluding tert-OH is 1. The third kappa shape index (κ3) is 4.44. The third-order valence-corrected chi connectivity index (χ3v) is 7.22. The highest BCUT2D eigenvalue weighted by molar-refractivity contribution is 6.52. The van der Waals surface area contributed by atoms with Gasteiger partial charge >= 0.3 is 0 Å². The Kier molecular flexibility index (Phi) is 6.91. The molecule has 2 heterocycles. The fourth-order valence-corrected chi connectivity index (χ4v) is 5.33. The predicted molar refractivity (Wildman–Crippen MR) is 153 cm³/mol. The number of amides is 1. The number of methoxy groups -OCH3 is 1. The summed E-state index contributed by atoms with van der Waals surface area (Å²) in [5.74, 6) is -0.265. The van der Waals surface area contributed by atoms with Crippen molar-refractivity contribution in [1.29, 1.82) is 0 Å². The molecule has 1 atom stereocenters. The summed E-state index contributed by atoms with van der Waals surface area (Å²) in [6, 6.07) is 17.6. The van der Waals surface area contributed by atoms with Crippen molar-refractivity contribution in [3.8, 4) is 11.5 Å². The molecule has 1 amide bonds. The van der Waals surface area contributed by atoms with E-state index in [1.54, 1.807) is 37.6 Å². The molecule has 7 heteroatoms. The van der Waals surface area contributed by atoms with Gasteiger partial charge in [0, 0.05) is 40.0 Å². The van der Waals surface area contributed by atoms with E-state index in [-0.39, 0.29) is 17.3 Å². The summed E-state index contributed by atoms with van der Waals surface area (Å²) >= 11 is 0. The number of aromatic amines is 1. The first-order valence-corrected chi connectivity index (χ1v) is 13.1. The molecule has 0 aliphatic carbocycles. The Labute approximate surface area is 227 Å². The molecule has 3 aromatic carbocycles. The number of ether oxygens (including phenoxy) is 2. The molecule has 1 unspecified atom stereocenters. The van der Waals surface area contributed by atoms with Crippen LogP contribution in [0, 0.1) is 6.92 Å². The molecule has 200 valence electrons. The van der Waals surface area contributed by atoms with E-state index >= 15 is 0 Å². The Morgan fingerprint density at radius 1 is 1.08 bits per heavy atom. The van der Waals surface area contributed by atoms with Crippen LogP contribution in [0.2, 0.25) is 0 Å². The second kappa shape index (κ2) is 10.3. The number of hydrogen-bond acceptors (Lipinski definition) is 5. The molecule has 1 aliphatic rings. The fraction of sp³-hybridized carbons (Fsp3) is 0.250. The van der Waals surface area contributed by atoms with Crippen molar-refractivity contribution in [1.82, 2.24) is 4.98 Å². The molecular formula is C32H32N2O5. The number of nitrogens with one attached hydrogen (secondary N) is 1. The number of para-hydroxylation sites is 1. The number of ketones is 1. The molecule has 1 aromatic heterocycles. The van der Waals surface area contributed by atoms with Crippen LogP contribution in [-0.4, -0.2) is 35.5 Å². The van der Waals surface area contributed by atoms with Gasteiger partial charge in [-0.3, -0.25) is 14.5 Å². The number of anilines is 1. The van der Waals surface area contributed by atoms with Gasteiger partial charge < -0.3 is 19.6 Å². The molecule has 1 saturated heterocycles. The average Bonchev–Trinajstić information content (AvgIpc) is 3.46. The van der Waals surface area contributed by atoms with Crippen LogP contribution < -0.4 is 14.4 Å². The summed E-state index contributed by atoms with van der Waals surface area (Å²) in [6.45, 7) is 8.26. The number of benzene rings is 3. The van der Waals surface area contributed by atoms with Gasteiger partial charge in [-0.25, -0.2) is 0 Å². The SMILES string of the molecule is CCOc1cccc(N2C(=O)C(=O)/C(=C(/O)c3cc(C(C)C)c(OC)cc3C)C2c2c[nH]c3ccccc23)c1. The zero-order valence-electron chi connectivity index (χ0n) is 22.7. The van der Waals surface area contributed by atoms with Crippen LogP contribution >= 0.6 is 0 Å². The van der Waals surface area contributed by atoms with Crippen LogP contribution in [-0.2, 0) is 9.59 Å². The predicted octanol–water partition coefficient (Wildman–Crippen LogP) is 6.63. The molecule has 39 heavy (non-hydrogen) atoms. The van der Waals surface area contributed by atoms with E-state index in [0.29, 0.717) is 34.9 Å². The molecule has 0 spiro atoms. The second-order valence-electron chi connectivity index (χ2n) is 9.95. The molecule has 4 aromatic rings. The van der Waals surface area contributed by atoms with Crippen molar-refractivity contribution in [3.05, 3.63) is 94.7 Å². The minimum absolute atomic E-state index is 0.0366. The quantitative estimate of drug-likeness (QED) is 0.161. The largest absolute Gasteiger partial charge is 0.507 e. The number of fused-ring (bicyclic) bond motifs is 1. The standard InChI is InChI=1S/C32H32N2O5/c1-6-39-21-11-9-10-20(15-21)34-29(25-17-33-26-13-8-7-12-22(25)26)28(31(36)32(34)37)30(35)24-16-23(18(2)3)27(38-5)14-19(24)4/h7-18,29,33,35H,6H2,1-5H3/b30-28+. The lowest BCUT2D eigenvalue weighted by atomic mass is 9.91. The summed E-state index contributed by atoms with van der Waals surface area (Å²) in [6.07, 6.45) is 1.80. The minimum Gasteiger partial charge on any atom is -0.507 e. The van der Waals surface area contributed by atoms with E-state index < -0.39 is 17.7 Å². The number of aryl methyl sites for hydroxylation is 1. The highest BCUT2D eigenvalue weighted by Crippen LogP contribution is 2.45. The van der Waals surface area contributed by atoms with Gasteiger partial charge in [0.2, 0.25) is 0 Å². The van der Waals surface area contributed by atoms with Crippen LogP contribution in [0.15, 0.2) is 72.4 Å². The molecule has 0 radical (unpaired) electrons. The highest BCUT2D eigenvalue weighted by atomic mass is 16.5. The number of Topliss-reactive ketones (excluding diaryl/α,β-unsaturated/α-hetero) is 1. The number of rotatable bonds is 7. The lowest BCUT2D eigenvalue weighted by Crippen LogP contribution is -2.29. The Bertz CT molecular complexity index is 1610. The van der Waals surface area contributed by atoms with E-state index in [1.807, 2.05) is 64.1 Å². The van der Waals surface area contributed by atoms with Gasteiger partial charge in [-0.05, 0) is 61.2 Å². The number of nitrogens with zero attached hydrogens (tertiary/aromatic N) is 1. The van der Waals surface area contributed by atoms with Crippen molar-refractivity contribution < 1.29 is 24.2 Å². The van der Waals surface area contributed by atoms with Gasteiger partial charge in [0.1, 0.15) is 17.3 Å². The molecule has 2 N–H and O–H groups in total. The van der Waals surface area contributed by atoms with Crippen LogP contribution in [0.4, 0.5) is 5.69 Å². The first-order chi connectivity index (χ1) is 18.8. The summed E-state index contributed by atoms with van der Waals surface area (Å²) in [4.78, 5) is 32.1. The number of aliphatic hydroxyl groups is 1. The summed E-state index contributed by atoms with van der Waals surface area (Å²) < 4.78 is 11.3. The number of carbonyl (C=O) groups is 2. The first-order valence-electron chi connectivity index (χ1n) is 13.1. The minimum atomic E-state index is -0.859. The van der Waals surface area contributed by atoms with Crippen molar-refractivity contribution in [2.75, 3.05) is 18.6 Å². The van der Waals surface area contributed by atoms with Gasteiger partial charge in [-0.15, -0.1) is 0 Å². The van der Waals surface area contributed by atoms with Gasteiger partial charge in [0.25, 0.3) is 11.7 Å². The molecule has 1 fully saturated rings. The van der Waals surface area contributed by atoms with E-state index in [4.69, 9.17) is 9.47 Å². The third-order valence-electron chi connectivity index (χ3n) is 7.22. The van der Waals surface area contributed by atoms with Gasteiger partial charge in [0.05, 0.1) is 25.3 Å². The fourth-order valence-electron chi connectivity index (χ4n) is 5.33. The van der Waals surface area contributed by atoms with Crippen LogP contribution in [0.1, 0.15) is 55.0 Å². The lowest BCUT2D eigenvalue weighted by Gasteiger charge is -2.25. The van der Waals surface area contributed by atoms with E-state index in [2.05, 4.69) is 4.98 Å². The number of aromatic nitrogens is 1. The summed E-state index contributed by atoms with van der Waals surface area (Å²) in [7, 11) is 1.61. The topological polar surface area (TPSA) is 91.9 Å². The Morgan fingerprint density at radius 2 is 1.85 bits per heavy atom. The molecular weight excluding hydrogens is 492 g/mol. The number of H-pyrrole nitrogens is 1. The Balaban J connectivity index is 1.78. The lowest BCUT2D eigenvalue weighted by molar-refractivity contribution is -0.132. The molecule has 1 aliphatic heterocycles. The summed E-state index contributed by atoms with van der Waals surface area (Å²) in [5, 5.41) is 12.7. The maximum Gasteiger partial charge on any atom is 0.300 e. The van der Waals surface area contributed by atoms with E-state index in [9.17, 15) is 14.7 Å². The molecule has 7 nitrogen and oxygen atoms in total. The maximum atomic E-state index is 13.7. The average molecular weight is 525 g/mol. The molecule has 0 saturated carbocycles. The van der Waals surface area contributed by atoms with Crippen molar-refractivity contribution >= 4 is 34.0 Å². The zero-order chi connectivity index (χ0) is 27.8. The summed E-state index contributed by atoms with van der Waals surface area (Å²) in [5.41, 5.74) is 4.24. The van der Waals surface area contributed by atoms with Crippen LogP contribution in [0.25, 0.3) is 16.7 Å². The number of hydrogen-bond donors (Lipinski definition) is 2. The monoisotopic (exact) mass is 524 g/mol. The second-order valence-corrected chi connectivity index (χ2v) is 9.95. The van der Waals surface area contributed by atoms with Gasteiger partial charge in [-0.2, -0.15) is 0 Å². The van der Waals surface area contributed by atoms with Gasteiger partial charge in [0.15, 0.2) is 0 Å². The molecule has 0 bridgehead atoms. The highest BCUT2D eigenvalue weighted by Gasteiger charge is 2.48.